The van der Waals surface area contributed by atoms with E-state index in [4.69, 9.17) is 9.72 Å². The number of benzene rings is 7. The summed E-state index contributed by atoms with van der Waals surface area (Å²) < 4.78 is 6.66. The van der Waals surface area contributed by atoms with Crippen molar-refractivity contribution in [3.8, 4) is 62.1 Å². The van der Waals surface area contributed by atoms with Gasteiger partial charge in [-0.05, 0) is 128 Å². The monoisotopic (exact) mass is 928 g/mol. The average molecular weight is 929 g/mol. The van der Waals surface area contributed by atoms with Gasteiger partial charge in [-0.25, -0.2) is 4.98 Å². The minimum atomic E-state index is 0. The number of hydrogen-bond acceptors (Lipinski definition) is 4. The van der Waals surface area contributed by atoms with Gasteiger partial charge in [0, 0.05) is 38.4 Å². The van der Waals surface area contributed by atoms with E-state index in [9.17, 15) is 5.11 Å². The average Bonchev–Trinajstić information content (AvgIpc) is 3.81. The fourth-order valence-corrected chi connectivity index (χ4v) is 9.30. The number of pyridine rings is 2. The van der Waals surface area contributed by atoms with E-state index in [2.05, 4.69) is 120 Å². The number of phenolic OH excluding ortho intramolecular Hbond substituents is 1. The number of aromatic hydroxyl groups is 1. The van der Waals surface area contributed by atoms with Gasteiger partial charge < -0.3 is 9.84 Å². The van der Waals surface area contributed by atoms with Crippen molar-refractivity contribution in [1.29, 1.82) is 0 Å². The second-order valence-corrected chi connectivity index (χ2v) is 15.7. The molecule has 5 heteroatoms. The molecule has 7 aromatic carbocycles. The Labute approximate surface area is 352 Å². The maximum Gasteiger partial charge on any atom is 0.225 e. The van der Waals surface area contributed by atoms with Gasteiger partial charge in [0.05, 0.1) is 17.1 Å². The van der Waals surface area contributed by atoms with E-state index in [0.29, 0.717) is 17.2 Å². The summed E-state index contributed by atoms with van der Waals surface area (Å²) in [6, 6.07) is 60.1. The Balaban J connectivity index is 0.00000408. The first kappa shape index (κ1) is 36.0. The van der Waals surface area contributed by atoms with Gasteiger partial charge in [0.2, 0.25) is 5.88 Å². The van der Waals surface area contributed by atoms with Crippen LogP contribution in [0.15, 0.2) is 170 Å². The number of aromatic nitrogens is 2. The molecule has 1 N–H and O–H groups in total. The Bertz CT molecular complexity index is 2990. The summed E-state index contributed by atoms with van der Waals surface area (Å²) >= 11 is 0. The van der Waals surface area contributed by atoms with Gasteiger partial charge in [0.25, 0.3) is 0 Å². The minimum absolute atomic E-state index is 0. The van der Waals surface area contributed by atoms with Crippen LogP contribution in [0.1, 0.15) is 22.3 Å². The topological polar surface area (TPSA) is 55.2 Å². The van der Waals surface area contributed by atoms with Crippen molar-refractivity contribution in [2.45, 2.75) is 25.7 Å². The van der Waals surface area contributed by atoms with Gasteiger partial charge in [-0.15, -0.1) is 23.8 Å². The molecule has 2 aliphatic rings. The Kier molecular flexibility index (Phi) is 9.03. The maximum absolute atomic E-state index is 11.2. The number of nitrogens with zero attached hydrogens (tertiary/aromatic N) is 2. The van der Waals surface area contributed by atoms with Gasteiger partial charge >= 0.3 is 0 Å². The summed E-state index contributed by atoms with van der Waals surface area (Å²) in [5.41, 5.74) is 13.7. The third-order valence-electron chi connectivity index (χ3n) is 12.0. The smallest absolute Gasteiger partial charge is 0.225 e. The Morgan fingerprint density at radius 3 is 2.02 bits per heavy atom. The summed E-state index contributed by atoms with van der Waals surface area (Å²) in [5, 5.41) is 15.4. The van der Waals surface area contributed by atoms with Crippen LogP contribution in [-0.2, 0) is 46.7 Å². The van der Waals surface area contributed by atoms with Crippen LogP contribution in [0.5, 0.6) is 17.4 Å². The fraction of sp³-hybridized carbons (Fsp3) is 0.0943. The SMILES string of the molecule is Oc1ccc(-c2ccc3c(c2)CC2(Cc4ccccc4C2)C3)cc1-c1[c-]c(Oc2nc(-c3ccccn3)cc3c2ccc2cc(-c4ccccc4)ccc23)ccc1.[Pt]. The molecule has 0 amide bonds. The van der Waals surface area contributed by atoms with Crippen molar-refractivity contribution in [3.63, 3.8) is 0 Å². The second kappa shape index (κ2) is 14.5. The van der Waals surface area contributed by atoms with E-state index in [1.54, 1.807) is 12.3 Å². The van der Waals surface area contributed by atoms with E-state index in [-0.39, 0.29) is 32.2 Å². The van der Waals surface area contributed by atoms with Crippen LogP contribution in [0.2, 0.25) is 0 Å². The molecular weight excluding hydrogens is 892 g/mol. The van der Waals surface area contributed by atoms with Crippen LogP contribution in [0, 0.1) is 11.5 Å². The van der Waals surface area contributed by atoms with Gasteiger partial charge in [0.1, 0.15) is 0 Å². The van der Waals surface area contributed by atoms with Gasteiger partial charge in [-0.3, -0.25) is 4.98 Å². The fourth-order valence-electron chi connectivity index (χ4n) is 9.30. The Morgan fingerprint density at radius 2 is 1.21 bits per heavy atom. The first-order chi connectivity index (χ1) is 28.0. The Hall–Kier alpha value is -6.35. The number of phenols is 1. The molecule has 0 radical (unpaired) electrons. The molecule has 58 heavy (non-hydrogen) atoms. The van der Waals surface area contributed by atoms with E-state index < -0.39 is 0 Å². The van der Waals surface area contributed by atoms with Crippen LogP contribution in [0.25, 0.3) is 66.3 Å². The van der Waals surface area contributed by atoms with Gasteiger partial charge in [-0.2, -0.15) is 0 Å². The Morgan fingerprint density at radius 1 is 0.517 bits per heavy atom. The predicted octanol–water partition coefficient (Wildman–Crippen LogP) is 12.6. The van der Waals surface area contributed by atoms with Crippen LogP contribution >= 0.6 is 0 Å². The normalized spacial score (nSPS) is 13.7. The van der Waals surface area contributed by atoms with Gasteiger partial charge in [0.15, 0.2) is 0 Å². The molecule has 1 spiro atoms. The molecule has 2 aliphatic carbocycles. The number of hydrogen-bond donors (Lipinski definition) is 1. The maximum atomic E-state index is 11.2. The number of ether oxygens (including phenoxy) is 1. The van der Waals surface area contributed by atoms with E-state index in [0.717, 1.165) is 80.9 Å². The van der Waals surface area contributed by atoms with Crippen molar-refractivity contribution in [3.05, 3.63) is 198 Å². The van der Waals surface area contributed by atoms with E-state index in [1.807, 2.05) is 48.5 Å². The van der Waals surface area contributed by atoms with Crippen LogP contribution in [-0.4, -0.2) is 15.1 Å². The van der Waals surface area contributed by atoms with Crippen LogP contribution in [0.4, 0.5) is 0 Å². The van der Waals surface area contributed by atoms with Crippen LogP contribution in [0.3, 0.4) is 0 Å². The van der Waals surface area contributed by atoms with Crippen molar-refractivity contribution in [2.24, 2.45) is 5.41 Å². The molecule has 9 aromatic rings. The van der Waals surface area contributed by atoms with Crippen molar-refractivity contribution >= 4 is 21.5 Å². The first-order valence-electron chi connectivity index (χ1n) is 19.6. The largest absolute Gasteiger partial charge is 0.517 e. The van der Waals surface area contributed by atoms with Gasteiger partial charge in [-0.1, -0.05) is 121 Å². The summed E-state index contributed by atoms with van der Waals surface area (Å²) in [4.78, 5) is 9.65. The van der Waals surface area contributed by atoms with E-state index >= 15 is 0 Å². The van der Waals surface area contributed by atoms with Crippen molar-refractivity contribution in [1.82, 2.24) is 9.97 Å². The molecule has 0 saturated heterocycles. The first-order valence-corrected chi connectivity index (χ1v) is 19.6. The molecule has 2 aromatic heterocycles. The zero-order valence-electron chi connectivity index (χ0n) is 31.6. The zero-order chi connectivity index (χ0) is 37.9. The summed E-state index contributed by atoms with van der Waals surface area (Å²) in [5.74, 6) is 1.16. The molecule has 0 aliphatic heterocycles. The molecule has 0 bridgehead atoms. The summed E-state index contributed by atoms with van der Waals surface area (Å²) in [7, 11) is 0. The third-order valence-corrected chi connectivity index (χ3v) is 12.0. The quantitative estimate of drug-likeness (QED) is 0.133. The summed E-state index contributed by atoms with van der Waals surface area (Å²) in [6.07, 6.45) is 6.30. The van der Waals surface area contributed by atoms with Crippen molar-refractivity contribution < 1.29 is 30.9 Å². The summed E-state index contributed by atoms with van der Waals surface area (Å²) in [6.45, 7) is 0. The molecule has 11 rings (SSSR count). The molecule has 0 fully saturated rings. The molecule has 2 heterocycles. The predicted molar refractivity (Wildman–Crippen MR) is 229 cm³/mol. The zero-order valence-corrected chi connectivity index (χ0v) is 33.8. The minimum Gasteiger partial charge on any atom is -0.517 e. The molecule has 0 atom stereocenters. The van der Waals surface area contributed by atoms with Crippen molar-refractivity contribution in [2.75, 3.05) is 0 Å². The van der Waals surface area contributed by atoms with Crippen LogP contribution < -0.4 is 4.74 Å². The molecular formula is C53H37N2O2Pt-. The molecule has 0 saturated carbocycles. The molecule has 4 nitrogen and oxygen atoms in total. The number of rotatable bonds is 6. The number of fused-ring (bicyclic) bond motifs is 5. The third kappa shape index (κ3) is 6.48. The molecule has 282 valence electrons. The molecule has 0 unspecified atom stereocenters. The van der Waals surface area contributed by atoms with E-state index in [1.165, 1.54) is 27.8 Å². The second-order valence-electron chi connectivity index (χ2n) is 15.7. The standard InChI is InChI=1S/C53H37N2O2.Pt/c56-51-23-20-37(36-16-17-42-32-53(33-43(42)26-36)30-40-11-4-5-12-41(40)31-53)28-47(51)38-13-8-14-44(27-38)57-52-46-22-19-39-25-35(34-9-2-1-3-10-34)18-21-45(39)48(46)29-50(55-52)49-15-6-7-24-54-49;/h1-26,28-29,56H,30-33H2;/q-1;.